The van der Waals surface area contributed by atoms with Gasteiger partial charge in [-0.1, -0.05) is 0 Å². The molecule has 0 saturated heterocycles. The zero-order valence-corrected chi connectivity index (χ0v) is 9.18. The number of sulfonamides is 1. The Hall–Kier alpha value is -1.50. The topological polar surface area (TPSA) is 99.3 Å². The van der Waals surface area contributed by atoms with Crippen molar-refractivity contribution in [2.45, 2.75) is 13.8 Å². The van der Waals surface area contributed by atoms with Gasteiger partial charge in [-0.15, -0.1) is 0 Å². The molecule has 1 aromatic heterocycles. The van der Waals surface area contributed by atoms with Gasteiger partial charge in [-0.2, -0.15) is 0 Å². The molecule has 1 rings (SSSR count). The average molecular weight is 232 g/mol. The smallest absolute Gasteiger partial charge is 0.339 e. The maximum Gasteiger partial charge on any atom is 0.339 e. The molecule has 6 nitrogen and oxygen atoms in total. The summed E-state index contributed by atoms with van der Waals surface area (Å²) in [6, 6.07) is 0. The third-order valence-electron chi connectivity index (χ3n) is 1.94. The van der Waals surface area contributed by atoms with E-state index in [-0.39, 0.29) is 17.0 Å². The quantitative estimate of drug-likeness (QED) is 0.714. The Morgan fingerprint density at radius 1 is 1.60 bits per heavy atom. The standard InChI is InChI=1S/C8H12N2O4S/c1-3-15(13,14)10-6-4-9-5(2)7(6)8(11)12/h4,9-10H,3H2,1-2H3,(H,11,12). The van der Waals surface area contributed by atoms with Crippen LogP contribution in [0.2, 0.25) is 0 Å². The van der Waals surface area contributed by atoms with Crippen LogP contribution < -0.4 is 4.72 Å². The van der Waals surface area contributed by atoms with E-state index in [1.165, 1.54) is 13.1 Å². The lowest BCUT2D eigenvalue weighted by molar-refractivity contribution is 0.0697. The monoisotopic (exact) mass is 232 g/mol. The van der Waals surface area contributed by atoms with Crippen molar-refractivity contribution in [3.05, 3.63) is 17.5 Å². The van der Waals surface area contributed by atoms with E-state index < -0.39 is 16.0 Å². The maximum absolute atomic E-state index is 11.2. The SMILES string of the molecule is CCS(=O)(=O)Nc1c[nH]c(C)c1C(=O)O. The zero-order valence-electron chi connectivity index (χ0n) is 8.36. The molecule has 0 radical (unpaired) electrons. The summed E-state index contributed by atoms with van der Waals surface area (Å²) in [4.78, 5) is 13.5. The van der Waals surface area contributed by atoms with Crippen LogP contribution in [0.1, 0.15) is 23.0 Å². The fourth-order valence-electron chi connectivity index (χ4n) is 1.12. The molecule has 0 unspecified atom stereocenters. The summed E-state index contributed by atoms with van der Waals surface area (Å²) >= 11 is 0. The summed E-state index contributed by atoms with van der Waals surface area (Å²) in [7, 11) is -3.45. The predicted molar refractivity (Wildman–Crippen MR) is 55.6 cm³/mol. The third kappa shape index (κ3) is 2.50. The van der Waals surface area contributed by atoms with Gasteiger partial charge in [-0.05, 0) is 13.8 Å². The second kappa shape index (κ2) is 3.93. The first kappa shape index (κ1) is 11.6. The molecule has 0 aliphatic heterocycles. The number of H-pyrrole nitrogens is 1. The lowest BCUT2D eigenvalue weighted by Gasteiger charge is -2.04. The van der Waals surface area contributed by atoms with E-state index in [1.807, 2.05) is 0 Å². The van der Waals surface area contributed by atoms with Gasteiger partial charge < -0.3 is 10.1 Å². The van der Waals surface area contributed by atoms with Crippen molar-refractivity contribution < 1.29 is 18.3 Å². The largest absolute Gasteiger partial charge is 0.478 e. The van der Waals surface area contributed by atoms with E-state index in [2.05, 4.69) is 9.71 Å². The number of hydrogen-bond donors (Lipinski definition) is 3. The van der Waals surface area contributed by atoms with E-state index in [9.17, 15) is 13.2 Å². The van der Waals surface area contributed by atoms with E-state index in [0.29, 0.717) is 5.69 Å². The van der Waals surface area contributed by atoms with Gasteiger partial charge in [-0.25, -0.2) is 13.2 Å². The number of aryl methyl sites for hydroxylation is 1. The fraction of sp³-hybridized carbons (Fsp3) is 0.375. The van der Waals surface area contributed by atoms with Gasteiger partial charge in [0.1, 0.15) is 5.56 Å². The van der Waals surface area contributed by atoms with Crippen LogP contribution in [-0.4, -0.2) is 30.2 Å². The Morgan fingerprint density at radius 2 is 2.20 bits per heavy atom. The van der Waals surface area contributed by atoms with Gasteiger partial charge in [-0.3, -0.25) is 4.72 Å². The normalized spacial score (nSPS) is 11.3. The van der Waals surface area contributed by atoms with Crippen molar-refractivity contribution in [1.29, 1.82) is 0 Å². The van der Waals surface area contributed by atoms with Crippen LogP contribution in [0.3, 0.4) is 0 Å². The molecule has 0 saturated carbocycles. The van der Waals surface area contributed by atoms with Crippen molar-refractivity contribution in [1.82, 2.24) is 4.98 Å². The Kier molecular flexibility index (Phi) is 3.04. The summed E-state index contributed by atoms with van der Waals surface area (Å²) in [6.45, 7) is 3.04. The first-order valence-corrected chi connectivity index (χ1v) is 5.94. The van der Waals surface area contributed by atoms with Crippen LogP contribution in [0, 0.1) is 6.92 Å². The van der Waals surface area contributed by atoms with E-state index in [4.69, 9.17) is 5.11 Å². The second-order valence-corrected chi connectivity index (χ2v) is 5.02. The summed E-state index contributed by atoms with van der Waals surface area (Å²) in [6.07, 6.45) is 1.33. The van der Waals surface area contributed by atoms with Crippen molar-refractivity contribution in [3.63, 3.8) is 0 Å². The molecular formula is C8H12N2O4S. The summed E-state index contributed by atoms with van der Waals surface area (Å²) in [5, 5.41) is 8.85. The Balaban J connectivity index is 3.12. The van der Waals surface area contributed by atoms with Gasteiger partial charge >= 0.3 is 5.97 Å². The lowest BCUT2D eigenvalue weighted by Crippen LogP contribution is -2.16. The van der Waals surface area contributed by atoms with Gasteiger partial charge in [0.2, 0.25) is 10.0 Å². The van der Waals surface area contributed by atoms with Crippen molar-refractivity contribution in [3.8, 4) is 0 Å². The molecule has 15 heavy (non-hydrogen) atoms. The highest BCUT2D eigenvalue weighted by Gasteiger charge is 2.18. The van der Waals surface area contributed by atoms with Crippen LogP contribution in [-0.2, 0) is 10.0 Å². The van der Waals surface area contributed by atoms with Crippen LogP contribution in [0.15, 0.2) is 6.20 Å². The highest BCUT2D eigenvalue weighted by molar-refractivity contribution is 7.92. The zero-order chi connectivity index (χ0) is 11.6. The molecule has 1 aromatic rings. The minimum Gasteiger partial charge on any atom is -0.478 e. The fourth-order valence-corrected chi connectivity index (χ4v) is 1.76. The number of carboxylic acids is 1. The number of hydrogen-bond acceptors (Lipinski definition) is 3. The molecule has 0 bridgehead atoms. The minimum atomic E-state index is -3.45. The highest BCUT2D eigenvalue weighted by atomic mass is 32.2. The molecule has 84 valence electrons. The molecule has 0 fully saturated rings. The Labute approximate surface area is 87.4 Å². The molecule has 1 heterocycles. The predicted octanol–water partition coefficient (Wildman–Crippen LogP) is 0.783. The molecule has 0 atom stereocenters. The number of nitrogens with one attached hydrogen (secondary N) is 2. The second-order valence-electron chi connectivity index (χ2n) is 3.01. The Morgan fingerprint density at radius 3 is 2.67 bits per heavy atom. The number of aromatic carboxylic acids is 1. The molecule has 0 aromatic carbocycles. The van der Waals surface area contributed by atoms with Crippen molar-refractivity contribution >= 4 is 21.7 Å². The van der Waals surface area contributed by atoms with E-state index in [1.54, 1.807) is 6.92 Å². The first-order chi connectivity index (χ1) is 6.87. The third-order valence-corrected chi connectivity index (χ3v) is 3.23. The van der Waals surface area contributed by atoms with Gasteiger partial charge in [0.25, 0.3) is 0 Å². The number of carbonyl (C=O) groups is 1. The summed E-state index contributed by atoms with van der Waals surface area (Å²) in [5.74, 6) is -1.27. The highest BCUT2D eigenvalue weighted by Crippen LogP contribution is 2.20. The van der Waals surface area contributed by atoms with Crippen molar-refractivity contribution in [2.75, 3.05) is 10.5 Å². The van der Waals surface area contributed by atoms with Gasteiger partial charge in [0.05, 0.1) is 11.4 Å². The van der Waals surface area contributed by atoms with Crippen LogP contribution in [0.5, 0.6) is 0 Å². The molecule has 0 aliphatic carbocycles. The number of carboxylic acid groups (broad SMARTS) is 1. The molecule has 3 N–H and O–H groups in total. The van der Waals surface area contributed by atoms with Gasteiger partial charge in [0.15, 0.2) is 0 Å². The number of anilines is 1. The molecule has 0 spiro atoms. The molecular weight excluding hydrogens is 220 g/mol. The molecule has 0 aliphatic rings. The number of rotatable bonds is 4. The number of aromatic amines is 1. The van der Waals surface area contributed by atoms with E-state index in [0.717, 1.165) is 0 Å². The summed E-state index contributed by atoms with van der Waals surface area (Å²) in [5.41, 5.74) is 0.435. The minimum absolute atomic E-state index is 0.0491. The lowest BCUT2D eigenvalue weighted by atomic mass is 10.2. The molecule has 7 heteroatoms. The van der Waals surface area contributed by atoms with E-state index >= 15 is 0 Å². The Bertz CT molecular complexity index is 475. The maximum atomic E-state index is 11.2. The van der Waals surface area contributed by atoms with Crippen LogP contribution in [0.25, 0.3) is 0 Å². The first-order valence-electron chi connectivity index (χ1n) is 4.29. The van der Waals surface area contributed by atoms with Crippen LogP contribution in [0.4, 0.5) is 5.69 Å². The van der Waals surface area contributed by atoms with Crippen molar-refractivity contribution in [2.24, 2.45) is 0 Å². The van der Waals surface area contributed by atoms with Gasteiger partial charge in [0, 0.05) is 11.9 Å². The number of aromatic nitrogens is 1. The van der Waals surface area contributed by atoms with Crippen LogP contribution >= 0.6 is 0 Å². The molecule has 0 amide bonds. The average Bonchev–Trinajstić information content (AvgIpc) is 2.46. The summed E-state index contributed by atoms with van der Waals surface area (Å²) < 4.78 is 24.7.